The minimum atomic E-state index is -0.254. The van der Waals surface area contributed by atoms with Crippen LogP contribution in [0.25, 0.3) is 0 Å². The monoisotopic (exact) mass is 284 g/mol. The van der Waals surface area contributed by atoms with Crippen molar-refractivity contribution >= 4 is 6.47 Å². The lowest BCUT2D eigenvalue weighted by molar-refractivity contribution is -0.128. The van der Waals surface area contributed by atoms with Crippen molar-refractivity contribution in [3.05, 3.63) is 71.0 Å². The Balaban J connectivity index is 0.000000383. The maximum absolute atomic E-state index is 12.9. The molecule has 108 valence electrons. The van der Waals surface area contributed by atoms with Gasteiger partial charge in [-0.15, -0.1) is 0 Å². The summed E-state index contributed by atoms with van der Waals surface area (Å²) in [7, 11) is 0. The maximum atomic E-state index is 12.9. The summed E-state index contributed by atoms with van der Waals surface area (Å²) in [5, 5.41) is 0. The molecule has 0 aliphatic carbocycles. The van der Waals surface area contributed by atoms with E-state index in [2.05, 4.69) is 16.6 Å². The highest BCUT2D eigenvalue weighted by molar-refractivity contribution is 5.43. The molecular formula is C18H17FO2. The average molecular weight is 284 g/mol. The minimum absolute atomic E-state index is 0.254. The molecule has 0 saturated heterocycles. The molecule has 2 nitrogen and oxygen atoms in total. The molecular weight excluding hydrogens is 267 g/mol. The molecule has 0 N–H and O–H groups in total. The number of benzene rings is 2. The van der Waals surface area contributed by atoms with Gasteiger partial charge in [-0.25, -0.2) is 4.39 Å². The zero-order valence-corrected chi connectivity index (χ0v) is 12.1. The van der Waals surface area contributed by atoms with E-state index >= 15 is 0 Å². The molecule has 3 heteroatoms. The molecule has 0 aromatic heterocycles. The van der Waals surface area contributed by atoms with E-state index in [0.29, 0.717) is 18.6 Å². The van der Waals surface area contributed by atoms with Crippen molar-refractivity contribution in [2.24, 2.45) is 0 Å². The number of rotatable bonds is 2. The van der Waals surface area contributed by atoms with Crippen LogP contribution in [0.4, 0.5) is 4.39 Å². The Kier molecular flexibility index (Phi) is 7.31. The lowest BCUT2D eigenvalue weighted by Gasteiger charge is -1.92. The second-order valence-electron chi connectivity index (χ2n) is 4.18. The van der Waals surface area contributed by atoms with Crippen LogP contribution in [-0.2, 0) is 9.53 Å². The molecule has 0 aliphatic rings. The van der Waals surface area contributed by atoms with Crippen LogP contribution in [0.5, 0.6) is 0 Å². The third-order valence-corrected chi connectivity index (χ3v) is 2.46. The quantitative estimate of drug-likeness (QED) is 0.620. The first-order chi connectivity index (χ1) is 10.2. The van der Waals surface area contributed by atoms with E-state index in [1.807, 2.05) is 31.2 Å². The van der Waals surface area contributed by atoms with Crippen molar-refractivity contribution in [1.82, 2.24) is 0 Å². The highest BCUT2D eigenvalue weighted by Gasteiger charge is 1.90. The summed E-state index contributed by atoms with van der Waals surface area (Å²) in [5.74, 6) is 5.68. The molecule has 21 heavy (non-hydrogen) atoms. The molecule has 0 unspecified atom stereocenters. The standard InChI is InChI=1S/C15H11F.C3H6O2/c1-12-5-7-13(8-6-12)9-10-14-3-2-4-15(16)11-14;1-2-5-3-4/h2-8,11H,1H3;3H,2H2,1H3. The fraction of sp³-hybridized carbons (Fsp3) is 0.167. The molecule has 2 rings (SSSR count). The molecule has 0 bridgehead atoms. The molecule has 0 radical (unpaired) electrons. The third kappa shape index (κ3) is 6.93. The van der Waals surface area contributed by atoms with E-state index < -0.39 is 0 Å². The molecule has 0 spiro atoms. The first kappa shape index (κ1) is 16.5. The summed E-state index contributed by atoms with van der Waals surface area (Å²) in [4.78, 5) is 9.18. The molecule has 0 aliphatic heterocycles. The summed E-state index contributed by atoms with van der Waals surface area (Å²) in [5.41, 5.74) is 2.84. The number of hydrogen-bond donors (Lipinski definition) is 0. The van der Waals surface area contributed by atoms with Crippen LogP contribution >= 0.6 is 0 Å². The van der Waals surface area contributed by atoms with Crippen molar-refractivity contribution in [2.45, 2.75) is 13.8 Å². The Morgan fingerprint density at radius 2 is 1.76 bits per heavy atom. The first-order valence-corrected chi connectivity index (χ1v) is 6.55. The molecule has 0 atom stereocenters. The van der Waals surface area contributed by atoms with Gasteiger partial charge < -0.3 is 4.74 Å². The van der Waals surface area contributed by atoms with E-state index in [-0.39, 0.29) is 5.82 Å². The smallest absolute Gasteiger partial charge is 0.293 e. The molecule has 0 saturated carbocycles. The van der Waals surface area contributed by atoms with Crippen molar-refractivity contribution < 1.29 is 13.9 Å². The van der Waals surface area contributed by atoms with Gasteiger partial charge in [0.1, 0.15) is 5.82 Å². The predicted molar refractivity (Wildman–Crippen MR) is 81.2 cm³/mol. The first-order valence-electron chi connectivity index (χ1n) is 6.55. The third-order valence-electron chi connectivity index (χ3n) is 2.46. The second kappa shape index (κ2) is 9.33. The number of carbonyl (C=O) groups excluding carboxylic acids is 1. The summed E-state index contributed by atoms with van der Waals surface area (Å²) >= 11 is 0. The van der Waals surface area contributed by atoms with Crippen LogP contribution in [0.2, 0.25) is 0 Å². The summed E-state index contributed by atoms with van der Waals surface area (Å²) < 4.78 is 17.0. The summed E-state index contributed by atoms with van der Waals surface area (Å²) in [6.07, 6.45) is 0. The van der Waals surface area contributed by atoms with E-state index in [4.69, 9.17) is 0 Å². The normalized spacial score (nSPS) is 8.71. The van der Waals surface area contributed by atoms with Crippen molar-refractivity contribution in [3.8, 4) is 11.8 Å². The number of carbonyl (C=O) groups is 1. The topological polar surface area (TPSA) is 26.3 Å². The fourth-order valence-electron chi connectivity index (χ4n) is 1.42. The highest BCUT2D eigenvalue weighted by Crippen LogP contribution is 2.04. The van der Waals surface area contributed by atoms with Gasteiger partial charge in [-0.2, -0.15) is 0 Å². The molecule has 0 fully saturated rings. The summed E-state index contributed by atoms with van der Waals surface area (Å²) in [6.45, 7) is 4.70. The Morgan fingerprint density at radius 3 is 2.29 bits per heavy atom. The van der Waals surface area contributed by atoms with Crippen LogP contribution in [0, 0.1) is 24.6 Å². The Morgan fingerprint density at radius 1 is 1.10 bits per heavy atom. The molecule has 2 aromatic carbocycles. The van der Waals surface area contributed by atoms with Crippen LogP contribution in [-0.4, -0.2) is 13.1 Å². The van der Waals surface area contributed by atoms with E-state index in [1.54, 1.807) is 19.1 Å². The van der Waals surface area contributed by atoms with Gasteiger partial charge >= 0.3 is 0 Å². The number of hydrogen-bond acceptors (Lipinski definition) is 2. The van der Waals surface area contributed by atoms with E-state index in [0.717, 1.165) is 5.56 Å². The zero-order chi connectivity index (χ0) is 15.5. The van der Waals surface area contributed by atoms with Gasteiger partial charge in [0.15, 0.2) is 0 Å². The van der Waals surface area contributed by atoms with Crippen LogP contribution in [0.15, 0.2) is 48.5 Å². The van der Waals surface area contributed by atoms with Crippen LogP contribution in [0.3, 0.4) is 0 Å². The Hall–Kier alpha value is -2.60. The average Bonchev–Trinajstić information content (AvgIpc) is 2.48. The van der Waals surface area contributed by atoms with Gasteiger partial charge in [0.05, 0.1) is 6.61 Å². The van der Waals surface area contributed by atoms with Gasteiger partial charge in [0, 0.05) is 11.1 Å². The van der Waals surface area contributed by atoms with Crippen LogP contribution < -0.4 is 0 Å². The minimum Gasteiger partial charge on any atom is -0.468 e. The fourth-order valence-corrected chi connectivity index (χ4v) is 1.42. The lowest BCUT2D eigenvalue weighted by atomic mass is 10.1. The van der Waals surface area contributed by atoms with Crippen LogP contribution in [0.1, 0.15) is 23.6 Å². The van der Waals surface area contributed by atoms with Crippen molar-refractivity contribution in [2.75, 3.05) is 6.61 Å². The Bertz CT molecular complexity index is 622. The molecule has 0 heterocycles. The largest absolute Gasteiger partial charge is 0.468 e. The second-order valence-corrected chi connectivity index (χ2v) is 4.18. The van der Waals surface area contributed by atoms with E-state index in [9.17, 15) is 9.18 Å². The highest BCUT2D eigenvalue weighted by atomic mass is 19.1. The number of halogens is 1. The predicted octanol–water partition coefficient (Wildman–Crippen LogP) is 3.71. The summed E-state index contributed by atoms with van der Waals surface area (Å²) in [6, 6.07) is 14.2. The van der Waals surface area contributed by atoms with Gasteiger partial charge in [0.25, 0.3) is 6.47 Å². The zero-order valence-electron chi connectivity index (χ0n) is 12.1. The van der Waals surface area contributed by atoms with Crippen molar-refractivity contribution in [1.29, 1.82) is 0 Å². The maximum Gasteiger partial charge on any atom is 0.293 e. The van der Waals surface area contributed by atoms with Gasteiger partial charge in [-0.05, 0) is 44.2 Å². The SMILES string of the molecule is CCOC=O.Cc1ccc(C#Cc2cccc(F)c2)cc1. The molecule has 0 amide bonds. The number of aryl methyl sites for hydroxylation is 1. The van der Waals surface area contributed by atoms with Gasteiger partial charge in [-0.3, -0.25) is 4.79 Å². The van der Waals surface area contributed by atoms with Gasteiger partial charge in [-0.1, -0.05) is 35.6 Å². The van der Waals surface area contributed by atoms with Gasteiger partial charge in [0.2, 0.25) is 0 Å². The van der Waals surface area contributed by atoms with E-state index in [1.165, 1.54) is 17.7 Å². The lowest BCUT2D eigenvalue weighted by Crippen LogP contribution is -1.80. The number of ether oxygens (including phenoxy) is 1. The molecule has 2 aromatic rings. The van der Waals surface area contributed by atoms with Crippen molar-refractivity contribution in [3.63, 3.8) is 0 Å². The Labute approximate surface area is 124 Å².